The normalized spacial score (nSPS) is 13.7. The number of nitrogens with one attached hydrogen (secondary N) is 1. The first kappa shape index (κ1) is 16.1. The zero-order valence-electron chi connectivity index (χ0n) is 11.1. The SMILES string of the molecule is CC(C)C[C@H](CO)NS(=O)(=O)Cc1cccc(F)c1. The van der Waals surface area contributed by atoms with Gasteiger partial charge in [-0.1, -0.05) is 26.0 Å². The minimum Gasteiger partial charge on any atom is -0.395 e. The van der Waals surface area contributed by atoms with E-state index in [-0.39, 0.29) is 18.3 Å². The molecule has 1 rings (SSSR count). The Kier molecular flexibility index (Phi) is 5.90. The number of hydrogen-bond donors (Lipinski definition) is 2. The molecular weight excluding hydrogens is 269 g/mol. The second-order valence-electron chi connectivity index (χ2n) is 5.02. The first-order chi connectivity index (χ1) is 8.82. The lowest BCUT2D eigenvalue weighted by molar-refractivity contribution is 0.240. The molecule has 2 N–H and O–H groups in total. The second-order valence-corrected chi connectivity index (χ2v) is 6.77. The van der Waals surface area contributed by atoms with E-state index in [1.54, 1.807) is 6.07 Å². The Labute approximate surface area is 113 Å². The summed E-state index contributed by atoms with van der Waals surface area (Å²) in [6.45, 7) is 3.65. The number of sulfonamides is 1. The first-order valence-electron chi connectivity index (χ1n) is 6.17. The molecule has 19 heavy (non-hydrogen) atoms. The number of hydrogen-bond acceptors (Lipinski definition) is 3. The summed E-state index contributed by atoms with van der Waals surface area (Å²) >= 11 is 0. The van der Waals surface area contributed by atoms with E-state index in [0.717, 1.165) is 0 Å². The van der Waals surface area contributed by atoms with Crippen LogP contribution < -0.4 is 4.72 Å². The van der Waals surface area contributed by atoms with Crippen molar-refractivity contribution < 1.29 is 17.9 Å². The van der Waals surface area contributed by atoms with Crippen molar-refractivity contribution in [2.75, 3.05) is 6.61 Å². The molecule has 0 fully saturated rings. The van der Waals surface area contributed by atoms with Crippen LogP contribution in [0.15, 0.2) is 24.3 Å². The van der Waals surface area contributed by atoms with Crippen LogP contribution in [0.2, 0.25) is 0 Å². The maximum absolute atomic E-state index is 13.0. The molecule has 1 atom stereocenters. The molecule has 0 aliphatic heterocycles. The molecule has 1 aromatic carbocycles. The summed E-state index contributed by atoms with van der Waals surface area (Å²) in [5, 5.41) is 9.16. The third kappa shape index (κ3) is 6.13. The van der Waals surface area contributed by atoms with Crippen LogP contribution in [0.3, 0.4) is 0 Å². The molecule has 0 spiro atoms. The average molecular weight is 289 g/mol. The van der Waals surface area contributed by atoms with Gasteiger partial charge in [-0.2, -0.15) is 0 Å². The van der Waals surface area contributed by atoms with Crippen molar-refractivity contribution >= 4 is 10.0 Å². The minimum absolute atomic E-state index is 0.249. The Morgan fingerprint density at radius 1 is 1.37 bits per heavy atom. The largest absolute Gasteiger partial charge is 0.395 e. The molecule has 0 heterocycles. The molecule has 0 saturated heterocycles. The van der Waals surface area contributed by atoms with Crippen LogP contribution in [-0.4, -0.2) is 26.2 Å². The van der Waals surface area contributed by atoms with Gasteiger partial charge < -0.3 is 5.11 Å². The zero-order chi connectivity index (χ0) is 14.5. The van der Waals surface area contributed by atoms with Crippen molar-refractivity contribution in [3.8, 4) is 0 Å². The van der Waals surface area contributed by atoms with Crippen molar-refractivity contribution in [3.05, 3.63) is 35.6 Å². The van der Waals surface area contributed by atoms with E-state index in [2.05, 4.69) is 4.72 Å². The van der Waals surface area contributed by atoms with Gasteiger partial charge >= 0.3 is 0 Å². The highest BCUT2D eigenvalue weighted by molar-refractivity contribution is 7.88. The number of aliphatic hydroxyl groups excluding tert-OH is 1. The molecule has 4 nitrogen and oxygen atoms in total. The van der Waals surface area contributed by atoms with E-state index in [4.69, 9.17) is 5.11 Å². The number of aliphatic hydroxyl groups is 1. The molecule has 6 heteroatoms. The van der Waals surface area contributed by atoms with Gasteiger partial charge in [0.2, 0.25) is 10.0 Å². The van der Waals surface area contributed by atoms with Crippen LogP contribution in [0.1, 0.15) is 25.8 Å². The Hall–Kier alpha value is -0.980. The number of benzene rings is 1. The maximum atomic E-state index is 13.0. The van der Waals surface area contributed by atoms with Crippen molar-refractivity contribution in [3.63, 3.8) is 0 Å². The lowest BCUT2D eigenvalue weighted by atomic mass is 10.1. The quantitative estimate of drug-likeness (QED) is 0.802. The van der Waals surface area contributed by atoms with Crippen LogP contribution in [0.25, 0.3) is 0 Å². The van der Waals surface area contributed by atoms with Crippen LogP contribution in [0.4, 0.5) is 4.39 Å². The highest BCUT2D eigenvalue weighted by Gasteiger charge is 2.19. The Balaban J connectivity index is 2.70. The maximum Gasteiger partial charge on any atom is 0.216 e. The van der Waals surface area contributed by atoms with Gasteiger partial charge in [-0.3, -0.25) is 0 Å². The Morgan fingerprint density at radius 2 is 2.05 bits per heavy atom. The van der Waals surface area contributed by atoms with E-state index in [9.17, 15) is 12.8 Å². The van der Waals surface area contributed by atoms with Gasteiger partial charge in [-0.15, -0.1) is 0 Å². The monoisotopic (exact) mass is 289 g/mol. The van der Waals surface area contributed by atoms with Gasteiger partial charge in [0.05, 0.1) is 12.4 Å². The van der Waals surface area contributed by atoms with E-state index >= 15 is 0 Å². The second kappa shape index (κ2) is 6.98. The summed E-state index contributed by atoms with van der Waals surface area (Å²) in [5.74, 6) is -0.484. The van der Waals surface area contributed by atoms with Crippen molar-refractivity contribution in [2.45, 2.75) is 32.1 Å². The molecule has 0 radical (unpaired) electrons. The smallest absolute Gasteiger partial charge is 0.216 e. The molecule has 108 valence electrons. The zero-order valence-corrected chi connectivity index (χ0v) is 12.0. The summed E-state index contributed by atoms with van der Waals surface area (Å²) in [4.78, 5) is 0. The van der Waals surface area contributed by atoms with Gasteiger partial charge in [0.25, 0.3) is 0 Å². The fourth-order valence-corrected chi connectivity index (χ4v) is 3.25. The van der Waals surface area contributed by atoms with E-state index in [1.807, 2.05) is 13.8 Å². The van der Waals surface area contributed by atoms with Gasteiger partial charge in [-0.05, 0) is 30.0 Å². The summed E-state index contributed by atoms with van der Waals surface area (Å²) < 4.78 is 39.3. The summed E-state index contributed by atoms with van der Waals surface area (Å²) in [7, 11) is -3.58. The Morgan fingerprint density at radius 3 is 2.58 bits per heavy atom. The van der Waals surface area contributed by atoms with E-state index in [0.29, 0.717) is 12.0 Å². The number of rotatable bonds is 7. The minimum atomic E-state index is -3.58. The van der Waals surface area contributed by atoms with Crippen molar-refractivity contribution in [1.29, 1.82) is 0 Å². The van der Waals surface area contributed by atoms with Gasteiger partial charge in [0, 0.05) is 6.04 Å². The summed E-state index contributed by atoms with van der Waals surface area (Å²) in [6.07, 6.45) is 0.554. The lowest BCUT2D eigenvalue weighted by Gasteiger charge is -2.18. The average Bonchev–Trinajstić information content (AvgIpc) is 2.26. The van der Waals surface area contributed by atoms with Crippen molar-refractivity contribution in [2.24, 2.45) is 5.92 Å². The van der Waals surface area contributed by atoms with Crippen LogP contribution >= 0.6 is 0 Å². The molecule has 0 unspecified atom stereocenters. The standard InChI is InChI=1S/C13H20FNO3S/c1-10(2)6-13(8-16)15-19(17,18)9-11-4-3-5-12(14)7-11/h3-5,7,10,13,15-16H,6,8-9H2,1-2H3/t13-/m1/s1. The molecule has 0 saturated carbocycles. The molecular formula is C13H20FNO3S. The highest BCUT2D eigenvalue weighted by atomic mass is 32.2. The van der Waals surface area contributed by atoms with Gasteiger partial charge in [0.15, 0.2) is 0 Å². The van der Waals surface area contributed by atoms with Gasteiger partial charge in [0.1, 0.15) is 5.82 Å². The Bertz CT molecular complexity index is 502. The van der Waals surface area contributed by atoms with Gasteiger partial charge in [-0.25, -0.2) is 17.5 Å². The van der Waals surface area contributed by atoms with Crippen LogP contribution in [0, 0.1) is 11.7 Å². The van der Waals surface area contributed by atoms with Crippen LogP contribution in [-0.2, 0) is 15.8 Å². The fourth-order valence-electron chi connectivity index (χ4n) is 1.87. The molecule has 0 aliphatic carbocycles. The topological polar surface area (TPSA) is 66.4 Å². The van der Waals surface area contributed by atoms with Crippen LogP contribution in [0.5, 0.6) is 0 Å². The predicted octanol–water partition coefficient (Wildman–Crippen LogP) is 1.65. The first-order valence-corrected chi connectivity index (χ1v) is 7.83. The fraction of sp³-hybridized carbons (Fsp3) is 0.538. The summed E-state index contributed by atoms with van der Waals surface area (Å²) in [6, 6.07) is 4.98. The lowest BCUT2D eigenvalue weighted by Crippen LogP contribution is -2.39. The van der Waals surface area contributed by atoms with E-state index in [1.165, 1.54) is 18.2 Å². The molecule has 1 aromatic rings. The third-order valence-electron chi connectivity index (χ3n) is 2.57. The number of halogens is 1. The molecule has 0 aliphatic rings. The summed E-state index contributed by atoms with van der Waals surface area (Å²) in [5.41, 5.74) is 0.383. The highest BCUT2D eigenvalue weighted by Crippen LogP contribution is 2.10. The molecule has 0 bridgehead atoms. The van der Waals surface area contributed by atoms with Crippen molar-refractivity contribution in [1.82, 2.24) is 4.72 Å². The third-order valence-corrected chi connectivity index (χ3v) is 3.97. The predicted molar refractivity (Wildman–Crippen MR) is 72.5 cm³/mol. The molecule has 0 amide bonds. The van der Waals surface area contributed by atoms with E-state index < -0.39 is 21.9 Å². The molecule has 0 aromatic heterocycles.